The molecule has 0 aliphatic carbocycles. The molecule has 1 heterocycles. The van der Waals surface area contributed by atoms with Gasteiger partial charge in [-0.05, 0) is 18.2 Å². The highest BCUT2D eigenvalue weighted by atomic mass is 79.9. The van der Waals surface area contributed by atoms with Gasteiger partial charge >= 0.3 is 5.97 Å². The molecule has 1 aliphatic heterocycles. The predicted molar refractivity (Wildman–Crippen MR) is 72.8 cm³/mol. The van der Waals surface area contributed by atoms with Crippen LogP contribution in [-0.4, -0.2) is 38.9 Å². The number of morpholine rings is 1. The lowest BCUT2D eigenvalue weighted by molar-refractivity contribution is -0.144. The van der Waals surface area contributed by atoms with Gasteiger partial charge in [0.15, 0.2) is 6.04 Å². The van der Waals surface area contributed by atoms with Gasteiger partial charge < -0.3 is 14.4 Å². The van der Waals surface area contributed by atoms with E-state index in [4.69, 9.17) is 9.47 Å². The average Bonchev–Trinajstić information content (AvgIpc) is 2.46. The average molecular weight is 325 g/mol. The molecular formula is C13H13BrN2O3. The molecule has 0 bridgehead atoms. The van der Waals surface area contributed by atoms with Gasteiger partial charge in [0.2, 0.25) is 0 Å². The lowest BCUT2D eigenvalue weighted by atomic mass is 10.1. The van der Waals surface area contributed by atoms with Crippen LogP contribution in [0.5, 0.6) is 0 Å². The molecule has 1 fully saturated rings. The Morgan fingerprint density at radius 3 is 3.11 bits per heavy atom. The largest absolute Gasteiger partial charge is 0.467 e. The highest BCUT2D eigenvalue weighted by Gasteiger charge is 2.31. The zero-order chi connectivity index (χ0) is 13.8. The molecule has 1 aromatic carbocycles. The molecule has 1 unspecified atom stereocenters. The molecule has 100 valence electrons. The minimum atomic E-state index is -0.514. The van der Waals surface area contributed by atoms with Gasteiger partial charge in [0.1, 0.15) is 6.07 Å². The second-order valence-electron chi connectivity index (χ2n) is 4.08. The fourth-order valence-corrected chi connectivity index (χ4v) is 2.41. The highest BCUT2D eigenvalue weighted by Crippen LogP contribution is 2.28. The lowest BCUT2D eigenvalue weighted by Crippen LogP contribution is -2.50. The van der Waals surface area contributed by atoms with Crippen molar-refractivity contribution in [1.82, 2.24) is 0 Å². The van der Waals surface area contributed by atoms with Crippen LogP contribution in [0.4, 0.5) is 5.69 Å². The van der Waals surface area contributed by atoms with Crippen LogP contribution in [0.2, 0.25) is 0 Å². The van der Waals surface area contributed by atoms with E-state index in [1.165, 1.54) is 7.11 Å². The number of hydrogen-bond acceptors (Lipinski definition) is 5. The Labute approximate surface area is 119 Å². The van der Waals surface area contributed by atoms with Gasteiger partial charge in [0.25, 0.3) is 0 Å². The number of rotatable bonds is 2. The summed E-state index contributed by atoms with van der Waals surface area (Å²) in [6.07, 6.45) is 0. The first-order valence-corrected chi connectivity index (χ1v) is 6.58. The molecular weight excluding hydrogens is 312 g/mol. The van der Waals surface area contributed by atoms with E-state index in [-0.39, 0.29) is 12.6 Å². The minimum Gasteiger partial charge on any atom is -0.467 e. The van der Waals surface area contributed by atoms with E-state index in [2.05, 4.69) is 22.0 Å². The normalized spacial score (nSPS) is 18.8. The number of ether oxygens (including phenoxy) is 2. The first-order chi connectivity index (χ1) is 9.17. The molecule has 5 nitrogen and oxygen atoms in total. The summed E-state index contributed by atoms with van der Waals surface area (Å²) in [7, 11) is 1.35. The van der Waals surface area contributed by atoms with Crippen molar-refractivity contribution in [3.63, 3.8) is 0 Å². The van der Waals surface area contributed by atoms with Gasteiger partial charge in [0, 0.05) is 11.0 Å². The smallest absolute Gasteiger partial charge is 0.330 e. The summed E-state index contributed by atoms with van der Waals surface area (Å²) < 4.78 is 11.0. The summed E-state index contributed by atoms with van der Waals surface area (Å²) in [4.78, 5) is 13.7. The van der Waals surface area contributed by atoms with Crippen LogP contribution < -0.4 is 4.90 Å². The Hall–Kier alpha value is -1.58. The number of benzene rings is 1. The highest BCUT2D eigenvalue weighted by molar-refractivity contribution is 9.10. The minimum absolute atomic E-state index is 0.268. The Morgan fingerprint density at radius 1 is 1.63 bits per heavy atom. The topological polar surface area (TPSA) is 62.6 Å². The zero-order valence-electron chi connectivity index (χ0n) is 10.4. The van der Waals surface area contributed by atoms with Crippen LogP contribution in [0.1, 0.15) is 5.56 Å². The van der Waals surface area contributed by atoms with E-state index in [1.54, 1.807) is 12.1 Å². The fourth-order valence-electron chi connectivity index (χ4n) is 2.06. The molecule has 0 N–H and O–H groups in total. The summed E-state index contributed by atoms with van der Waals surface area (Å²) in [5.41, 5.74) is 1.24. The van der Waals surface area contributed by atoms with E-state index in [1.807, 2.05) is 11.0 Å². The first-order valence-electron chi connectivity index (χ1n) is 5.79. The number of nitrogens with zero attached hydrogens (tertiary/aromatic N) is 2. The summed E-state index contributed by atoms with van der Waals surface area (Å²) in [5, 5.41) is 9.18. The van der Waals surface area contributed by atoms with Crippen LogP contribution in [-0.2, 0) is 14.3 Å². The first kappa shape index (κ1) is 13.8. The van der Waals surface area contributed by atoms with E-state index in [9.17, 15) is 10.1 Å². The fraction of sp³-hybridized carbons (Fsp3) is 0.385. The van der Waals surface area contributed by atoms with Gasteiger partial charge in [-0.1, -0.05) is 15.9 Å². The third-order valence-corrected chi connectivity index (χ3v) is 3.48. The van der Waals surface area contributed by atoms with Crippen molar-refractivity contribution in [3.8, 4) is 6.07 Å². The summed E-state index contributed by atoms with van der Waals surface area (Å²) >= 11 is 3.38. The molecule has 0 saturated carbocycles. The Balaban J connectivity index is 2.40. The number of carbonyl (C=O) groups is 1. The molecule has 0 spiro atoms. The van der Waals surface area contributed by atoms with Gasteiger partial charge in [-0.2, -0.15) is 5.26 Å². The van der Waals surface area contributed by atoms with Crippen molar-refractivity contribution in [2.75, 3.05) is 31.8 Å². The Kier molecular flexibility index (Phi) is 4.40. The van der Waals surface area contributed by atoms with Crippen molar-refractivity contribution in [2.24, 2.45) is 0 Å². The maximum Gasteiger partial charge on any atom is 0.330 e. The third-order valence-electron chi connectivity index (χ3n) is 2.99. The monoisotopic (exact) mass is 324 g/mol. The van der Waals surface area contributed by atoms with Crippen LogP contribution in [0.15, 0.2) is 22.7 Å². The van der Waals surface area contributed by atoms with E-state index < -0.39 is 6.04 Å². The van der Waals surface area contributed by atoms with E-state index in [0.717, 1.165) is 10.2 Å². The molecule has 2 rings (SSSR count). The zero-order valence-corrected chi connectivity index (χ0v) is 12.0. The second kappa shape index (κ2) is 6.04. The molecule has 1 aromatic rings. The molecule has 1 atom stereocenters. The van der Waals surface area contributed by atoms with E-state index in [0.29, 0.717) is 18.7 Å². The van der Waals surface area contributed by atoms with Crippen molar-refractivity contribution in [2.45, 2.75) is 6.04 Å². The van der Waals surface area contributed by atoms with Gasteiger partial charge in [-0.15, -0.1) is 0 Å². The number of nitriles is 1. The molecule has 0 radical (unpaired) electrons. The van der Waals surface area contributed by atoms with Crippen LogP contribution >= 0.6 is 15.9 Å². The maximum atomic E-state index is 11.8. The Bertz CT molecular complexity index is 527. The number of carbonyl (C=O) groups excluding carboxylic acids is 1. The Morgan fingerprint density at radius 2 is 2.42 bits per heavy atom. The van der Waals surface area contributed by atoms with Gasteiger partial charge in [0.05, 0.1) is 31.6 Å². The number of anilines is 1. The van der Waals surface area contributed by atoms with Gasteiger partial charge in [-0.25, -0.2) is 4.79 Å². The number of methoxy groups -OCH3 is 1. The summed E-state index contributed by atoms with van der Waals surface area (Å²) in [5.74, 6) is -0.358. The number of esters is 1. The van der Waals surface area contributed by atoms with Crippen molar-refractivity contribution in [3.05, 3.63) is 28.2 Å². The number of hydrogen-bond donors (Lipinski definition) is 0. The molecule has 1 aliphatic rings. The van der Waals surface area contributed by atoms with Gasteiger partial charge in [-0.3, -0.25) is 0 Å². The van der Waals surface area contributed by atoms with Crippen LogP contribution in [0, 0.1) is 11.3 Å². The molecule has 0 amide bonds. The standard InChI is InChI=1S/C13H13BrN2O3/c1-18-13(17)12-8-19-5-4-16(12)11-6-10(14)3-2-9(11)7-15/h2-3,6,12H,4-5,8H2,1H3. The van der Waals surface area contributed by atoms with Crippen LogP contribution in [0.25, 0.3) is 0 Å². The van der Waals surface area contributed by atoms with Crippen molar-refractivity contribution in [1.29, 1.82) is 5.26 Å². The maximum absolute atomic E-state index is 11.8. The predicted octanol–water partition coefficient (Wildman–Crippen LogP) is 1.70. The molecule has 19 heavy (non-hydrogen) atoms. The molecule has 1 saturated heterocycles. The third kappa shape index (κ3) is 2.88. The summed E-state index contributed by atoms with van der Waals surface area (Å²) in [6.45, 7) is 1.33. The van der Waals surface area contributed by atoms with Crippen molar-refractivity contribution >= 4 is 27.6 Å². The van der Waals surface area contributed by atoms with Crippen LogP contribution in [0.3, 0.4) is 0 Å². The molecule has 6 heteroatoms. The number of halogens is 1. The molecule has 0 aromatic heterocycles. The summed E-state index contributed by atoms with van der Waals surface area (Å²) in [6, 6.07) is 6.99. The quantitative estimate of drug-likeness (QED) is 0.775. The SMILES string of the molecule is COC(=O)C1COCCN1c1cc(Br)ccc1C#N. The second-order valence-corrected chi connectivity index (χ2v) is 5.00. The van der Waals surface area contributed by atoms with E-state index >= 15 is 0 Å². The van der Waals surface area contributed by atoms with Crippen molar-refractivity contribution < 1.29 is 14.3 Å². The lowest BCUT2D eigenvalue weighted by Gasteiger charge is -2.35.